The maximum absolute atomic E-state index is 6.16. The molecule has 2 unspecified atom stereocenters. The molecule has 0 aromatic carbocycles. The van der Waals surface area contributed by atoms with E-state index in [0.29, 0.717) is 6.04 Å². The number of nitrogens with zero attached hydrogens (tertiary/aromatic N) is 1. The van der Waals surface area contributed by atoms with Crippen LogP contribution in [0.25, 0.3) is 0 Å². The molecular weight excluding hydrogens is 196 g/mol. The van der Waals surface area contributed by atoms with Crippen LogP contribution < -0.4 is 5.73 Å². The van der Waals surface area contributed by atoms with E-state index in [9.17, 15) is 0 Å². The van der Waals surface area contributed by atoms with Crippen LogP contribution in [-0.2, 0) is 0 Å². The highest BCUT2D eigenvalue weighted by atomic mass is 15.1. The average molecular weight is 224 g/mol. The number of hydrogen-bond acceptors (Lipinski definition) is 2. The van der Waals surface area contributed by atoms with Gasteiger partial charge in [-0.25, -0.2) is 0 Å². The summed E-state index contributed by atoms with van der Waals surface area (Å²) in [4.78, 5) is 2.69. The molecule has 1 saturated heterocycles. The topological polar surface area (TPSA) is 29.3 Å². The summed E-state index contributed by atoms with van der Waals surface area (Å²) in [6.07, 6.45) is 9.82. The zero-order valence-electron chi connectivity index (χ0n) is 10.8. The highest BCUT2D eigenvalue weighted by Gasteiger charge is 2.26. The maximum atomic E-state index is 6.16. The summed E-state index contributed by atoms with van der Waals surface area (Å²) in [7, 11) is 0. The van der Waals surface area contributed by atoms with Gasteiger partial charge in [0.25, 0.3) is 0 Å². The Morgan fingerprint density at radius 2 is 1.88 bits per heavy atom. The molecule has 1 aliphatic heterocycles. The summed E-state index contributed by atoms with van der Waals surface area (Å²) in [5.74, 6) is 1.73. The zero-order valence-corrected chi connectivity index (χ0v) is 10.8. The van der Waals surface area contributed by atoms with Crippen molar-refractivity contribution in [3.63, 3.8) is 0 Å². The smallest absolute Gasteiger partial charge is 0.00914 e. The third-order valence-corrected chi connectivity index (χ3v) is 4.64. The molecule has 0 aromatic rings. The van der Waals surface area contributed by atoms with Crippen molar-refractivity contribution in [2.45, 2.75) is 57.9 Å². The van der Waals surface area contributed by atoms with Crippen molar-refractivity contribution >= 4 is 0 Å². The van der Waals surface area contributed by atoms with Crippen LogP contribution >= 0.6 is 0 Å². The second-order valence-electron chi connectivity index (χ2n) is 5.88. The summed E-state index contributed by atoms with van der Waals surface area (Å²) in [5.41, 5.74) is 6.16. The first-order valence-electron chi connectivity index (χ1n) is 7.27. The molecule has 0 amide bonds. The van der Waals surface area contributed by atoms with E-state index in [0.717, 1.165) is 11.8 Å². The molecule has 0 radical (unpaired) electrons. The molecule has 94 valence electrons. The van der Waals surface area contributed by atoms with Gasteiger partial charge in [0.1, 0.15) is 0 Å². The Kier molecular flexibility index (Phi) is 4.66. The van der Waals surface area contributed by atoms with Crippen LogP contribution in [-0.4, -0.2) is 30.6 Å². The predicted octanol–water partition coefficient (Wildman–Crippen LogP) is 2.63. The fourth-order valence-electron chi connectivity index (χ4n) is 3.46. The minimum Gasteiger partial charge on any atom is -0.327 e. The summed E-state index contributed by atoms with van der Waals surface area (Å²) in [6, 6.07) is 0.465. The lowest BCUT2D eigenvalue weighted by Gasteiger charge is -2.38. The lowest BCUT2D eigenvalue weighted by molar-refractivity contribution is 0.121. The van der Waals surface area contributed by atoms with Crippen LogP contribution in [0, 0.1) is 11.8 Å². The van der Waals surface area contributed by atoms with E-state index in [4.69, 9.17) is 5.73 Å². The molecule has 1 aliphatic carbocycles. The lowest BCUT2D eigenvalue weighted by Crippen LogP contribution is -2.48. The van der Waals surface area contributed by atoms with Crippen molar-refractivity contribution in [1.29, 1.82) is 0 Å². The third-order valence-electron chi connectivity index (χ3n) is 4.64. The van der Waals surface area contributed by atoms with E-state index < -0.39 is 0 Å². The first-order chi connectivity index (χ1) is 7.79. The molecule has 1 saturated carbocycles. The Bertz CT molecular complexity index is 199. The van der Waals surface area contributed by atoms with E-state index in [-0.39, 0.29) is 0 Å². The molecule has 2 nitrogen and oxygen atoms in total. The summed E-state index contributed by atoms with van der Waals surface area (Å²) in [6.45, 7) is 6.14. The summed E-state index contributed by atoms with van der Waals surface area (Å²) >= 11 is 0. The average Bonchev–Trinajstić information content (AvgIpc) is 2.33. The van der Waals surface area contributed by atoms with Gasteiger partial charge in [-0.3, -0.25) is 0 Å². The van der Waals surface area contributed by atoms with Gasteiger partial charge in [0.2, 0.25) is 0 Å². The van der Waals surface area contributed by atoms with Gasteiger partial charge in [-0.1, -0.05) is 32.6 Å². The van der Waals surface area contributed by atoms with Crippen molar-refractivity contribution < 1.29 is 0 Å². The fourth-order valence-corrected chi connectivity index (χ4v) is 3.46. The Hall–Kier alpha value is -0.0800. The minimum absolute atomic E-state index is 0.465. The molecule has 0 aromatic heterocycles. The number of nitrogens with two attached hydrogens (primary N) is 1. The highest BCUT2D eigenvalue weighted by molar-refractivity contribution is 4.83. The minimum atomic E-state index is 0.465. The van der Waals surface area contributed by atoms with Crippen molar-refractivity contribution in [3.05, 3.63) is 0 Å². The first kappa shape index (κ1) is 12.4. The van der Waals surface area contributed by atoms with Crippen molar-refractivity contribution in [3.8, 4) is 0 Å². The van der Waals surface area contributed by atoms with Gasteiger partial charge in [-0.15, -0.1) is 0 Å². The summed E-state index contributed by atoms with van der Waals surface area (Å²) in [5, 5.41) is 0. The largest absolute Gasteiger partial charge is 0.327 e. The molecule has 2 rings (SSSR count). The molecule has 2 heteroatoms. The molecule has 2 aliphatic rings. The Balaban J connectivity index is 1.76. The van der Waals surface area contributed by atoms with E-state index >= 15 is 0 Å². The Morgan fingerprint density at radius 3 is 2.56 bits per heavy atom. The molecule has 2 N–H and O–H groups in total. The molecule has 1 heterocycles. The van der Waals surface area contributed by atoms with Crippen LogP contribution in [0.4, 0.5) is 0 Å². The van der Waals surface area contributed by atoms with Gasteiger partial charge in [0.05, 0.1) is 0 Å². The molecule has 0 spiro atoms. The van der Waals surface area contributed by atoms with Gasteiger partial charge >= 0.3 is 0 Å². The summed E-state index contributed by atoms with van der Waals surface area (Å²) < 4.78 is 0. The lowest BCUT2D eigenvalue weighted by atomic mass is 9.86. The van der Waals surface area contributed by atoms with Crippen molar-refractivity contribution in [1.82, 2.24) is 4.90 Å². The number of likely N-dealkylation sites (tertiary alicyclic amines) is 1. The standard InChI is InChI=1S/C14H28N2/c1-2-13-11-16(9-8-14(13)15)10-12-6-4-3-5-7-12/h12-14H,2-11,15H2,1H3. The fraction of sp³-hybridized carbons (Fsp3) is 1.00. The van der Waals surface area contributed by atoms with Gasteiger partial charge in [0.15, 0.2) is 0 Å². The molecule has 2 atom stereocenters. The third kappa shape index (κ3) is 3.21. The number of piperidine rings is 1. The van der Waals surface area contributed by atoms with Crippen molar-refractivity contribution in [2.75, 3.05) is 19.6 Å². The van der Waals surface area contributed by atoms with Crippen LogP contribution in [0.1, 0.15) is 51.9 Å². The number of hydrogen-bond donors (Lipinski definition) is 1. The Morgan fingerprint density at radius 1 is 1.12 bits per heavy atom. The highest BCUT2D eigenvalue weighted by Crippen LogP contribution is 2.26. The van der Waals surface area contributed by atoms with Gasteiger partial charge in [0, 0.05) is 19.1 Å². The molecule has 16 heavy (non-hydrogen) atoms. The molecule has 2 fully saturated rings. The van der Waals surface area contributed by atoms with E-state index in [1.807, 2.05) is 0 Å². The second-order valence-corrected chi connectivity index (χ2v) is 5.88. The van der Waals surface area contributed by atoms with E-state index in [2.05, 4.69) is 11.8 Å². The number of rotatable bonds is 3. The Labute approximate surface area is 101 Å². The van der Waals surface area contributed by atoms with E-state index in [1.54, 1.807) is 0 Å². The second kappa shape index (κ2) is 6.02. The normalized spacial score (nSPS) is 34.1. The maximum Gasteiger partial charge on any atom is 0.00914 e. The van der Waals surface area contributed by atoms with Crippen LogP contribution in [0.2, 0.25) is 0 Å². The van der Waals surface area contributed by atoms with Gasteiger partial charge in [-0.2, -0.15) is 0 Å². The molecular formula is C14H28N2. The molecule has 0 bridgehead atoms. The zero-order chi connectivity index (χ0) is 11.4. The quantitative estimate of drug-likeness (QED) is 0.798. The predicted molar refractivity (Wildman–Crippen MR) is 69.4 cm³/mol. The van der Waals surface area contributed by atoms with Gasteiger partial charge in [-0.05, 0) is 37.6 Å². The SMILES string of the molecule is CCC1CN(CC2CCCCC2)CCC1N. The van der Waals surface area contributed by atoms with Crippen LogP contribution in [0.3, 0.4) is 0 Å². The van der Waals surface area contributed by atoms with Gasteiger partial charge < -0.3 is 10.6 Å². The monoisotopic (exact) mass is 224 g/mol. The van der Waals surface area contributed by atoms with Crippen LogP contribution in [0.15, 0.2) is 0 Å². The van der Waals surface area contributed by atoms with Crippen molar-refractivity contribution in [2.24, 2.45) is 17.6 Å². The van der Waals surface area contributed by atoms with Crippen LogP contribution in [0.5, 0.6) is 0 Å². The first-order valence-corrected chi connectivity index (χ1v) is 7.27. The van der Waals surface area contributed by atoms with E-state index in [1.165, 1.54) is 64.6 Å².